The summed E-state index contributed by atoms with van der Waals surface area (Å²) < 4.78 is 4.69. The number of hydrogen-bond acceptors (Lipinski definition) is 6. The van der Waals surface area contributed by atoms with Crippen LogP contribution >= 0.6 is 0 Å². The van der Waals surface area contributed by atoms with Crippen LogP contribution in [0.4, 0.5) is 4.79 Å². The summed E-state index contributed by atoms with van der Waals surface area (Å²) in [4.78, 5) is 43.6. The Kier molecular flexibility index (Phi) is 6.67. The molecule has 0 aliphatic carbocycles. The molecule has 2 N–H and O–H groups in total. The van der Waals surface area contributed by atoms with Gasteiger partial charge in [0.05, 0.1) is 36.4 Å². The van der Waals surface area contributed by atoms with Crippen LogP contribution in [0.15, 0.2) is 48.9 Å². The van der Waals surface area contributed by atoms with Crippen molar-refractivity contribution in [2.45, 2.75) is 38.8 Å². The van der Waals surface area contributed by atoms with Crippen LogP contribution in [-0.4, -0.2) is 56.5 Å². The summed E-state index contributed by atoms with van der Waals surface area (Å²) in [6, 6.07) is 8.79. The number of pyridine rings is 2. The van der Waals surface area contributed by atoms with E-state index in [9.17, 15) is 9.59 Å². The molecular weight excluding hydrogens is 420 g/mol. The molecule has 1 aliphatic rings. The minimum absolute atomic E-state index is 0.0753. The molecule has 1 aliphatic heterocycles. The second-order valence-corrected chi connectivity index (χ2v) is 8.38. The van der Waals surface area contributed by atoms with Gasteiger partial charge in [0.1, 0.15) is 11.9 Å². The highest BCUT2D eigenvalue weighted by molar-refractivity contribution is 5.86. The third-order valence-corrected chi connectivity index (χ3v) is 5.84. The van der Waals surface area contributed by atoms with Gasteiger partial charge in [0, 0.05) is 24.5 Å². The smallest absolute Gasteiger partial charge is 0.407 e. The summed E-state index contributed by atoms with van der Waals surface area (Å²) in [5.41, 5.74) is 3.34. The summed E-state index contributed by atoms with van der Waals surface area (Å²) in [7, 11) is 1.29. The van der Waals surface area contributed by atoms with Gasteiger partial charge in [0.25, 0.3) is 0 Å². The maximum Gasteiger partial charge on any atom is 0.407 e. The van der Waals surface area contributed by atoms with Crippen LogP contribution in [-0.2, 0) is 9.53 Å². The Hall–Kier alpha value is -3.75. The fourth-order valence-corrected chi connectivity index (χ4v) is 4.06. The summed E-state index contributed by atoms with van der Waals surface area (Å²) >= 11 is 0. The lowest BCUT2D eigenvalue weighted by atomic mass is 10.0. The van der Waals surface area contributed by atoms with E-state index in [1.165, 1.54) is 7.11 Å². The van der Waals surface area contributed by atoms with Crippen LogP contribution in [0.5, 0.6) is 0 Å². The molecule has 9 nitrogen and oxygen atoms in total. The summed E-state index contributed by atoms with van der Waals surface area (Å²) in [5, 5.41) is 2.67. The summed E-state index contributed by atoms with van der Waals surface area (Å²) in [6.45, 7) is 4.42. The van der Waals surface area contributed by atoms with Crippen LogP contribution in [0.3, 0.4) is 0 Å². The molecule has 33 heavy (non-hydrogen) atoms. The Labute approximate surface area is 192 Å². The van der Waals surface area contributed by atoms with Crippen molar-refractivity contribution in [3.8, 4) is 22.6 Å². The number of nitrogens with zero attached hydrogens (tertiary/aromatic N) is 4. The first-order valence-electron chi connectivity index (χ1n) is 11.1. The van der Waals surface area contributed by atoms with Crippen LogP contribution in [0.1, 0.15) is 38.6 Å². The number of H-pyrrole nitrogens is 1. The van der Waals surface area contributed by atoms with Gasteiger partial charge in [-0.25, -0.2) is 9.78 Å². The lowest BCUT2D eigenvalue weighted by Gasteiger charge is -2.30. The van der Waals surface area contributed by atoms with E-state index >= 15 is 0 Å². The highest BCUT2D eigenvalue weighted by atomic mass is 16.5. The Morgan fingerprint density at radius 3 is 2.61 bits per heavy atom. The zero-order valence-corrected chi connectivity index (χ0v) is 19.0. The quantitative estimate of drug-likeness (QED) is 0.596. The van der Waals surface area contributed by atoms with Gasteiger partial charge in [-0.3, -0.25) is 14.8 Å². The van der Waals surface area contributed by atoms with Gasteiger partial charge in [0.2, 0.25) is 5.91 Å². The van der Waals surface area contributed by atoms with Gasteiger partial charge in [0.15, 0.2) is 0 Å². The number of carbonyl (C=O) groups is 2. The topological polar surface area (TPSA) is 113 Å². The maximum atomic E-state index is 13.3. The summed E-state index contributed by atoms with van der Waals surface area (Å²) in [6.07, 6.45) is 6.35. The van der Waals surface area contributed by atoms with Gasteiger partial charge < -0.3 is 19.9 Å². The van der Waals surface area contributed by atoms with E-state index in [1.807, 2.05) is 44.2 Å². The van der Waals surface area contributed by atoms with E-state index in [2.05, 4.69) is 25.3 Å². The third kappa shape index (κ3) is 4.87. The molecule has 2 atom stereocenters. The summed E-state index contributed by atoms with van der Waals surface area (Å²) in [5.74, 6) is 0.524. The fraction of sp³-hybridized carbons (Fsp3) is 0.375. The normalized spacial score (nSPS) is 16.6. The predicted molar refractivity (Wildman–Crippen MR) is 123 cm³/mol. The van der Waals surface area contributed by atoms with Crippen LogP contribution in [0.2, 0.25) is 0 Å². The number of aromatic nitrogens is 4. The third-order valence-electron chi connectivity index (χ3n) is 5.84. The highest BCUT2D eigenvalue weighted by Crippen LogP contribution is 2.32. The molecular formula is C24H28N6O3. The molecule has 3 aromatic rings. The Morgan fingerprint density at radius 1 is 1.12 bits per heavy atom. The number of ether oxygens (including phenoxy) is 1. The molecule has 1 saturated heterocycles. The number of nitrogens with one attached hydrogen (secondary N) is 2. The van der Waals surface area contributed by atoms with Crippen LogP contribution in [0, 0.1) is 5.92 Å². The number of rotatable bonds is 6. The van der Waals surface area contributed by atoms with Crippen molar-refractivity contribution in [3.63, 3.8) is 0 Å². The van der Waals surface area contributed by atoms with Crippen molar-refractivity contribution in [1.29, 1.82) is 0 Å². The molecule has 9 heteroatoms. The molecule has 0 aromatic carbocycles. The average molecular weight is 449 g/mol. The number of methoxy groups -OCH3 is 1. The van der Waals surface area contributed by atoms with Gasteiger partial charge in [-0.2, -0.15) is 0 Å². The molecule has 3 aromatic heterocycles. The van der Waals surface area contributed by atoms with E-state index in [4.69, 9.17) is 4.74 Å². The van der Waals surface area contributed by atoms with E-state index in [0.29, 0.717) is 6.54 Å². The molecule has 2 amide bonds. The van der Waals surface area contributed by atoms with Crippen molar-refractivity contribution >= 4 is 12.0 Å². The van der Waals surface area contributed by atoms with Crippen molar-refractivity contribution in [1.82, 2.24) is 30.2 Å². The molecule has 1 fully saturated rings. The monoisotopic (exact) mass is 448 g/mol. The van der Waals surface area contributed by atoms with Crippen LogP contribution < -0.4 is 5.32 Å². The van der Waals surface area contributed by atoms with Crippen molar-refractivity contribution in [3.05, 3.63) is 54.7 Å². The van der Waals surface area contributed by atoms with Crippen molar-refractivity contribution in [2.75, 3.05) is 13.7 Å². The second-order valence-electron chi connectivity index (χ2n) is 8.38. The number of alkyl carbamates (subject to hydrolysis) is 1. The molecule has 0 radical (unpaired) electrons. The minimum Gasteiger partial charge on any atom is -0.453 e. The first kappa shape index (κ1) is 22.4. The largest absolute Gasteiger partial charge is 0.453 e. The number of carbonyl (C=O) groups excluding carboxylic acids is 2. The van der Waals surface area contributed by atoms with E-state index in [-0.39, 0.29) is 17.9 Å². The fourth-order valence-electron chi connectivity index (χ4n) is 4.06. The first-order chi connectivity index (χ1) is 16.0. The van der Waals surface area contributed by atoms with Crippen molar-refractivity contribution < 1.29 is 14.3 Å². The van der Waals surface area contributed by atoms with E-state index in [1.54, 1.807) is 23.5 Å². The zero-order valence-electron chi connectivity index (χ0n) is 19.0. The predicted octanol–water partition coefficient (Wildman–Crippen LogP) is 3.58. The SMILES string of the molecule is COC(=O)N[C@H](C(=O)N1CCC[C@H]1c1ncc(-c2ccc(-c3ccccn3)nc2)[nH]1)C(C)C. The second kappa shape index (κ2) is 9.81. The van der Waals surface area contributed by atoms with Crippen LogP contribution in [0.25, 0.3) is 22.6 Å². The van der Waals surface area contributed by atoms with Gasteiger partial charge >= 0.3 is 6.09 Å². The van der Waals surface area contributed by atoms with E-state index in [0.717, 1.165) is 41.3 Å². The van der Waals surface area contributed by atoms with Gasteiger partial charge in [-0.05, 0) is 43.0 Å². The molecule has 4 rings (SSSR count). The van der Waals surface area contributed by atoms with Gasteiger partial charge in [-0.15, -0.1) is 0 Å². The first-order valence-corrected chi connectivity index (χ1v) is 11.1. The molecule has 4 heterocycles. The Bertz CT molecular complexity index is 1100. The molecule has 0 unspecified atom stereocenters. The minimum atomic E-state index is -0.657. The zero-order chi connectivity index (χ0) is 23.4. The molecule has 0 bridgehead atoms. The molecule has 0 saturated carbocycles. The molecule has 0 spiro atoms. The van der Waals surface area contributed by atoms with E-state index < -0.39 is 12.1 Å². The lowest BCUT2D eigenvalue weighted by molar-refractivity contribution is -0.135. The van der Waals surface area contributed by atoms with Crippen molar-refractivity contribution in [2.24, 2.45) is 5.92 Å². The number of aromatic amines is 1. The standard InChI is InChI=1S/C24H28N6O3/c1-15(2)21(29-24(32)33-3)23(31)30-12-6-8-20(30)22-27-14-19(28-22)16-9-10-18(26-13-16)17-7-4-5-11-25-17/h4-5,7,9-11,13-15,20-21H,6,8,12H2,1-3H3,(H,27,28)(H,29,32)/t20-,21-/m0/s1. The lowest BCUT2D eigenvalue weighted by Crippen LogP contribution is -2.51. The number of imidazole rings is 1. The number of hydrogen-bond donors (Lipinski definition) is 2. The highest BCUT2D eigenvalue weighted by Gasteiger charge is 2.37. The number of amides is 2. The average Bonchev–Trinajstić information content (AvgIpc) is 3.52. The Balaban J connectivity index is 1.51. The number of likely N-dealkylation sites (tertiary alicyclic amines) is 1. The Morgan fingerprint density at radius 2 is 1.94 bits per heavy atom. The maximum absolute atomic E-state index is 13.3. The molecule has 172 valence electrons. The van der Waals surface area contributed by atoms with Gasteiger partial charge in [-0.1, -0.05) is 19.9 Å².